The molecule has 1 amide bonds. The van der Waals surface area contributed by atoms with E-state index in [1.54, 1.807) is 6.07 Å². The fraction of sp³-hybridized carbons (Fsp3) is 0.385. The van der Waals surface area contributed by atoms with Crippen molar-refractivity contribution in [2.45, 2.75) is 18.9 Å². The zero-order chi connectivity index (χ0) is 14.3. The van der Waals surface area contributed by atoms with Crippen LogP contribution in [0.5, 0.6) is 0 Å². The van der Waals surface area contributed by atoms with E-state index in [9.17, 15) is 14.0 Å². The molecule has 1 atom stereocenters. The van der Waals surface area contributed by atoms with Crippen molar-refractivity contribution in [1.29, 1.82) is 0 Å². The topological polar surface area (TPSA) is 66.4 Å². The summed E-state index contributed by atoms with van der Waals surface area (Å²) in [5.74, 6) is -1.39. The Kier molecular flexibility index (Phi) is 6.35. The number of nitrogens with one attached hydrogen (secondary N) is 1. The molecule has 0 heterocycles. The maximum absolute atomic E-state index is 13.3. The van der Waals surface area contributed by atoms with Crippen molar-refractivity contribution in [1.82, 2.24) is 5.32 Å². The van der Waals surface area contributed by atoms with E-state index < -0.39 is 23.7 Å². The van der Waals surface area contributed by atoms with Gasteiger partial charge in [-0.25, -0.2) is 9.18 Å². The third kappa shape index (κ3) is 5.30. The molecule has 1 aromatic carbocycles. The molecule has 0 aliphatic rings. The van der Waals surface area contributed by atoms with Gasteiger partial charge >= 0.3 is 5.97 Å². The number of benzene rings is 1. The van der Waals surface area contributed by atoms with Crippen LogP contribution in [0.3, 0.4) is 0 Å². The Morgan fingerprint density at radius 3 is 2.68 bits per heavy atom. The second-order valence-electron chi connectivity index (χ2n) is 4.01. The summed E-state index contributed by atoms with van der Waals surface area (Å²) >= 11 is 1.51. The minimum atomic E-state index is -1.07. The van der Waals surface area contributed by atoms with Gasteiger partial charge in [-0.1, -0.05) is 18.2 Å². The first-order valence-electron chi connectivity index (χ1n) is 5.79. The fourth-order valence-corrected chi connectivity index (χ4v) is 2.02. The summed E-state index contributed by atoms with van der Waals surface area (Å²) in [6, 6.07) is 5.02. The zero-order valence-electron chi connectivity index (χ0n) is 10.6. The molecule has 2 N–H and O–H groups in total. The number of amides is 1. The number of halogens is 1. The maximum atomic E-state index is 13.3. The molecule has 0 radical (unpaired) electrons. The van der Waals surface area contributed by atoms with Crippen molar-refractivity contribution in [3.05, 3.63) is 35.6 Å². The summed E-state index contributed by atoms with van der Waals surface area (Å²) in [7, 11) is 0. The molecule has 104 valence electrons. The minimum absolute atomic E-state index is 0.157. The molecule has 0 aliphatic carbocycles. The number of hydrogen-bond acceptors (Lipinski definition) is 3. The van der Waals surface area contributed by atoms with Crippen LogP contribution in [-0.4, -0.2) is 35.0 Å². The number of rotatable bonds is 7. The monoisotopic (exact) mass is 285 g/mol. The Morgan fingerprint density at radius 1 is 1.42 bits per heavy atom. The van der Waals surface area contributed by atoms with Crippen molar-refractivity contribution < 1.29 is 19.1 Å². The normalized spacial score (nSPS) is 11.9. The maximum Gasteiger partial charge on any atom is 0.326 e. The van der Waals surface area contributed by atoms with E-state index >= 15 is 0 Å². The van der Waals surface area contributed by atoms with Crippen LogP contribution in [-0.2, 0) is 16.0 Å². The Balaban J connectivity index is 2.58. The lowest BCUT2D eigenvalue weighted by molar-refractivity contribution is -0.141. The second kappa shape index (κ2) is 7.78. The highest BCUT2D eigenvalue weighted by molar-refractivity contribution is 7.98. The number of carbonyl (C=O) groups excluding carboxylic acids is 1. The van der Waals surface area contributed by atoms with E-state index in [0.717, 1.165) is 0 Å². The van der Waals surface area contributed by atoms with Crippen molar-refractivity contribution in [2.75, 3.05) is 12.0 Å². The van der Waals surface area contributed by atoms with Gasteiger partial charge in [-0.15, -0.1) is 0 Å². The average Bonchev–Trinajstić information content (AvgIpc) is 2.37. The van der Waals surface area contributed by atoms with Crippen LogP contribution >= 0.6 is 11.8 Å². The van der Waals surface area contributed by atoms with Crippen molar-refractivity contribution in [3.63, 3.8) is 0 Å². The molecule has 0 aromatic heterocycles. The standard InChI is InChI=1S/C13H16FNO3S/c1-19-7-6-11(13(17)18)15-12(16)8-9-4-2-3-5-10(9)14/h2-5,11H,6-8H2,1H3,(H,15,16)(H,17,18)/t11-/m0/s1. The van der Waals surface area contributed by atoms with Gasteiger partial charge in [0.1, 0.15) is 11.9 Å². The van der Waals surface area contributed by atoms with Crippen LogP contribution in [0.1, 0.15) is 12.0 Å². The third-order valence-corrected chi connectivity index (χ3v) is 3.20. The van der Waals surface area contributed by atoms with E-state index in [1.165, 1.54) is 30.0 Å². The largest absolute Gasteiger partial charge is 0.480 e. The summed E-state index contributed by atoms with van der Waals surface area (Å²) in [6.07, 6.45) is 2.05. The molecule has 0 spiro atoms. The van der Waals surface area contributed by atoms with Crippen LogP contribution in [0, 0.1) is 5.82 Å². The summed E-state index contributed by atoms with van der Waals surface area (Å²) in [6.45, 7) is 0. The van der Waals surface area contributed by atoms with Gasteiger partial charge in [0.05, 0.1) is 6.42 Å². The van der Waals surface area contributed by atoms with Gasteiger partial charge < -0.3 is 10.4 Å². The Labute approximate surface area is 115 Å². The fourth-order valence-electron chi connectivity index (χ4n) is 1.55. The molecule has 6 heteroatoms. The zero-order valence-corrected chi connectivity index (χ0v) is 11.4. The molecular weight excluding hydrogens is 269 g/mol. The van der Waals surface area contributed by atoms with Crippen LogP contribution in [0.15, 0.2) is 24.3 Å². The van der Waals surface area contributed by atoms with Gasteiger partial charge in [0.15, 0.2) is 0 Å². The van der Waals surface area contributed by atoms with Crippen molar-refractivity contribution in [2.24, 2.45) is 0 Å². The van der Waals surface area contributed by atoms with Crippen LogP contribution in [0.4, 0.5) is 4.39 Å². The van der Waals surface area contributed by atoms with Crippen molar-refractivity contribution in [3.8, 4) is 0 Å². The van der Waals surface area contributed by atoms with E-state index in [1.807, 2.05) is 6.26 Å². The lowest BCUT2D eigenvalue weighted by Crippen LogP contribution is -2.42. The number of carbonyl (C=O) groups is 2. The summed E-state index contributed by atoms with van der Waals surface area (Å²) in [5, 5.41) is 11.4. The lowest BCUT2D eigenvalue weighted by atomic mass is 10.1. The second-order valence-corrected chi connectivity index (χ2v) is 4.99. The third-order valence-electron chi connectivity index (χ3n) is 2.55. The molecular formula is C13H16FNO3S. The van der Waals surface area contributed by atoms with Gasteiger partial charge in [0.2, 0.25) is 5.91 Å². The molecule has 0 saturated carbocycles. The van der Waals surface area contributed by atoms with Gasteiger partial charge in [-0.2, -0.15) is 11.8 Å². The van der Waals surface area contributed by atoms with E-state index in [-0.39, 0.29) is 12.0 Å². The predicted octanol–water partition coefficient (Wildman–Crippen LogP) is 1.69. The summed E-state index contributed by atoms with van der Waals surface area (Å²) < 4.78 is 13.3. The summed E-state index contributed by atoms with van der Waals surface area (Å²) in [4.78, 5) is 22.7. The molecule has 19 heavy (non-hydrogen) atoms. The minimum Gasteiger partial charge on any atom is -0.480 e. The van der Waals surface area contributed by atoms with Crippen LogP contribution < -0.4 is 5.32 Å². The molecule has 1 aromatic rings. The van der Waals surface area contributed by atoms with Crippen LogP contribution in [0.25, 0.3) is 0 Å². The van der Waals surface area contributed by atoms with Gasteiger partial charge in [-0.3, -0.25) is 4.79 Å². The molecule has 0 unspecified atom stereocenters. The Hall–Kier alpha value is -1.56. The number of carboxylic acids is 1. The number of thioether (sulfide) groups is 1. The van der Waals surface area contributed by atoms with E-state index in [4.69, 9.17) is 5.11 Å². The Bertz CT molecular complexity index is 453. The van der Waals surface area contributed by atoms with Gasteiger partial charge in [0.25, 0.3) is 0 Å². The lowest BCUT2D eigenvalue weighted by Gasteiger charge is -2.14. The molecule has 4 nitrogen and oxygen atoms in total. The van der Waals surface area contributed by atoms with E-state index in [0.29, 0.717) is 12.2 Å². The quantitative estimate of drug-likeness (QED) is 0.800. The average molecular weight is 285 g/mol. The molecule has 0 saturated heterocycles. The molecule has 0 aliphatic heterocycles. The number of hydrogen-bond donors (Lipinski definition) is 2. The molecule has 0 fully saturated rings. The van der Waals surface area contributed by atoms with E-state index in [2.05, 4.69) is 5.32 Å². The highest BCUT2D eigenvalue weighted by atomic mass is 32.2. The summed E-state index contributed by atoms with van der Waals surface area (Å²) in [5.41, 5.74) is 0.258. The smallest absolute Gasteiger partial charge is 0.326 e. The first kappa shape index (κ1) is 15.5. The number of aliphatic carboxylic acids is 1. The molecule has 1 rings (SSSR count). The van der Waals surface area contributed by atoms with Gasteiger partial charge in [0, 0.05) is 0 Å². The number of carboxylic acid groups (broad SMARTS) is 1. The van der Waals surface area contributed by atoms with Crippen LogP contribution in [0.2, 0.25) is 0 Å². The molecule has 0 bridgehead atoms. The highest BCUT2D eigenvalue weighted by Gasteiger charge is 2.19. The SMILES string of the molecule is CSCC[C@H](NC(=O)Cc1ccccc1F)C(=O)O. The van der Waals surface area contributed by atoms with Gasteiger partial charge in [-0.05, 0) is 30.1 Å². The van der Waals surface area contributed by atoms with Crippen molar-refractivity contribution >= 4 is 23.6 Å². The predicted molar refractivity (Wildman–Crippen MR) is 72.7 cm³/mol. The first-order valence-corrected chi connectivity index (χ1v) is 7.18. The highest BCUT2D eigenvalue weighted by Crippen LogP contribution is 2.07. The first-order chi connectivity index (χ1) is 9.04. The Morgan fingerprint density at radius 2 is 2.11 bits per heavy atom.